The maximum atomic E-state index is 12.9. The van der Waals surface area contributed by atoms with E-state index in [9.17, 15) is 38.4 Å². The molecule has 2 aromatic carbocycles. The Morgan fingerprint density at radius 3 is 1.49 bits per heavy atom. The Hall–Kier alpha value is -5.84. The number of amides is 4. The maximum Gasteiger partial charge on any atom is 0.411 e. The molecule has 0 aliphatic heterocycles. The zero-order valence-electron chi connectivity index (χ0n) is 30.9. The van der Waals surface area contributed by atoms with Gasteiger partial charge in [-0.1, -0.05) is 12.1 Å². The van der Waals surface area contributed by atoms with Gasteiger partial charge in [-0.2, -0.15) is 0 Å². The minimum absolute atomic E-state index is 0.0484. The summed E-state index contributed by atoms with van der Waals surface area (Å²) in [6, 6.07) is 9.22. The number of nitrogens with one attached hydrogen (secondary N) is 4. The second-order valence-corrected chi connectivity index (χ2v) is 11.8. The Kier molecular flexibility index (Phi) is 17.1. The lowest BCUT2D eigenvalue weighted by atomic mass is 9.99. The Bertz CT molecular complexity index is 1660. The van der Waals surface area contributed by atoms with Crippen LogP contribution >= 0.6 is 0 Å². The van der Waals surface area contributed by atoms with Crippen molar-refractivity contribution >= 4 is 70.3 Å². The van der Waals surface area contributed by atoms with E-state index >= 15 is 0 Å². The van der Waals surface area contributed by atoms with Crippen molar-refractivity contribution < 1.29 is 62.0 Å². The van der Waals surface area contributed by atoms with E-state index in [-0.39, 0.29) is 43.5 Å². The molecule has 0 saturated carbocycles. The van der Waals surface area contributed by atoms with Crippen LogP contribution in [0.2, 0.25) is 0 Å². The van der Waals surface area contributed by atoms with Crippen LogP contribution in [0.3, 0.4) is 0 Å². The summed E-state index contributed by atoms with van der Waals surface area (Å²) in [5, 5.41) is 10.1. The summed E-state index contributed by atoms with van der Waals surface area (Å²) in [7, 11) is 0. The Balaban J connectivity index is 1.87. The minimum Gasteiger partial charge on any atom is -0.465 e. The molecule has 0 aromatic heterocycles. The van der Waals surface area contributed by atoms with E-state index in [1.54, 1.807) is 52.0 Å². The maximum absolute atomic E-state index is 12.9. The van der Waals surface area contributed by atoms with E-state index in [4.69, 9.17) is 23.7 Å². The highest BCUT2D eigenvalue weighted by atomic mass is 16.6. The number of benzene rings is 2. The Morgan fingerprint density at radius 1 is 0.585 bits per heavy atom. The van der Waals surface area contributed by atoms with Gasteiger partial charge in [0.2, 0.25) is 17.7 Å². The van der Waals surface area contributed by atoms with Crippen LogP contribution < -0.4 is 21.3 Å². The van der Waals surface area contributed by atoms with E-state index < -0.39 is 71.5 Å². The van der Waals surface area contributed by atoms with E-state index in [1.807, 2.05) is 0 Å². The van der Waals surface area contributed by atoms with Crippen LogP contribution in [-0.2, 0) is 52.5 Å². The lowest BCUT2D eigenvalue weighted by Gasteiger charge is -2.19. The fraction of sp³-hybridized carbons (Fsp3) is 0.444. The van der Waals surface area contributed by atoms with Gasteiger partial charge >= 0.3 is 24.1 Å². The third kappa shape index (κ3) is 14.0. The van der Waals surface area contributed by atoms with Crippen LogP contribution in [0, 0.1) is 25.7 Å². The highest BCUT2D eigenvalue weighted by Crippen LogP contribution is 2.23. The molecule has 0 saturated heterocycles. The quantitative estimate of drug-likeness (QED) is 0.0949. The zero-order valence-corrected chi connectivity index (χ0v) is 30.9. The van der Waals surface area contributed by atoms with Gasteiger partial charge in [0.1, 0.15) is 24.3 Å². The molecule has 0 aliphatic rings. The molecule has 0 aliphatic carbocycles. The minimum atomic E-state index is -1.84. The van der Waals surface area contributed by atoms with Crippen molar-refractivity contribution in [3.05, 3.63) is 47.5 Å². The molecule has 4 amide bonds. The fourth-order valence-electron chi connectivity index (χ4n) is 4.55. The molecule has 4 N–H and O–H groups in total. The smallest absolute Gasteiger partial charge is 0.411 e. The highest BCUT2D eigenvalue weighted by Gasteiger charge is 2.37. The average molecular weight is 743 g/mol. The first-order chi connectivity index (χ1) is 25.0. The summed E-state index contributed by atoms with van der Waals surface area (Å²) in [5.41, 5.74) is 2.21. The first-order valence-corrected chi connectivity index (χ1v) is 16.7. The van der Waals surface area contributed by atoms with Crippen molar-refractivity contribution in [3.63, 3.8) is 0 Å². The van der Waals surface area contributed by atoms with E-state index in [0.29, 0.717) is 16.8 Å². The van der Waals surface area contributed by atoms with Gasteiger partial charge in [0.25, 0.3) is 0 Å². The van der Waals surface area contributed by atoms with Gasteiger partial charge in [-0.3, -0.25) is 39.4 Å². The summed E-state index contributed by atoms with van der Waals surface area (Å²) < 4.78 is 25.9. The normalized spacial score (nSPS) is 11.8. The number of aryl methyl sites for hydroxylation is 2. The molecule has 17 heteroatoms. The lowest BCUT2D eigenvalue weighted by Crippen LogP contribution is -2.38. The number of esters is 2. The molecule has 0 heterocycles. The van der Waals surface area contributed by atoms with Gasteiger partial charge in [-0.25, -0.2) is 9.59 Å². The van der Waals surface area contributed by atoms with Gasteiger partial charge in [-0.15, -0.1) is 0 Å². The standard InChI is InChI=1S/C36H46N4O13/c1-9-49-33(45)30(34(46)50-10-2)32(44)40-28-16-26(14-12-20(28)4)38-36(48)53-22(6)18-51-21(5)17-52-35(47)37-25-13-11-19(3)27(15-25)39-31(43)29(23(7)41)24(8)42/h11-16,21-22,29-30H,9-10,17-18H2,1-8H3,(H,37,47)(H,38,48)(H,39,43)(H,40,44). The topological polar surface area (TPSA) is 231 Å². The summed E-state index contributed by atoms with van der Waals surface area (Å²) in [5.74, 6) is -8.32. The predicted octanol–water partition coefficient (Wildman–Crippen LogP) is 4.31. The molecular formula is C36H46N4O13. The predicted molar refractivity (Wildman–Crippen MR) is 191 cm³/mol. The number of anilines is 4. The number of hydrogen-bond donors (Lipinski definition) is 4. The SMILES string of the molecule is CCOC(=O)C(C(=O)Nc1cc(NC(=O)OC(C)COC(C)COC(=O)Nc2ccc(C)c(NC(=O)C(C(C)=O)C(C)=O)c2)ccc1C)C(=O)OCC. The van der Waals surface area contributed by atoms with Crippen LogP contribution in [0.25, 0.3) is 0 Å². The van der Waals surface area contributed by atoms with Crippen molar-refractivity contribution in [1.82, 2.24) is 0 Å². The molecule has 0 spiro atoms. The number of rotatable bonds is 18. The average Bonchev–Trinajstić information content (AvgIpc) is 3.05. The monoisotopic (exact) mass is 742 g/mol. The molecule has 2 atom stereocenters. The molecule has 0 fully saturated rings. The molecule has 2 rings (SSSR count). The van der Waals surface area contributed by atoms with Crippen LogP contribution in [-0.4, -0.2) is 86.1 Å². The second-order valence-electron chi connectivity index (χ2n) is 11.8. The number of ketones is 2. The summed E-state index contributed by atoms with van der Waals surface area (Å²) in [4.78, 5) is 98.4. The molecule has 53 heavy (non-hydrogen) atoms. The highest BCUT2D eigenvalue weighted by molar-refractivity contribution is 6.21. The second kappa shape index (κ2) is 20.9. The number of carbonyl (C=O) groups excluding carboxylic acids is 8. The van der Waals surface area contributed by atoms with Crippen LogP contribution in [0.1, 0.15) is 52.7 Å². The van der Waals surface area contributed by atoms with Gasteiger partial charge < -0.3 is 34.3 Å². The number of carbonyl (C=O) groups is 8. The Labute approximate surface area is 306 Å². The third-order valence-electron chi connectivity index (χ3n) is 7.24. The largest absolute Gasteiger partial charge is 0.465 e. The number of hydrogen-bond acceptors (Lipinski definition) is 13. The van der Waals surface area contributed by atoms with Crippen molar-refractivity contribution in [2.75, 3.05) is 47.7 Å². The van der Waals surface area contributed by atoms with Crippen molar-refractivity contribution in [1.29, 1.82) is 0 Å². The number of Topliss-reactive ketones (excluding diaryl/α,β-unsaturated/α-hetero) is 2. The molecule has 288 valence electrons. The van der Waals surface area contributed by atoms with Crippen LogP contribution in [0.5, 0.6) is 0 Å². The summed E-state index contributed by atoms with van der Waals surface area (Å²) in [6.07, 6.45) is -3.00. The van der Waals surface area contributed by atoms with Gasteiger partial charge in [0.15, 0.2) is 5.92 Å². The lowest BCUT2D eigenvalue weighted by molar-refractivity contribution is -0.163. The van der Waals surface area contributed by atoms with E-state index in [2.05, 4.69) is 21.3 Å². The summed E-state index contributed by atoms with van der Waals surface area (Å²) in [6.45, 7) is 11.6. The van der Waals surface area contributed by atoms with E-state index in [1.165, 1.54) is 26.0 Å². The summed E-state index contributed by atoms with van der Waals surface area (Å²) >= 11 is 0. The third-order valence-corrected chi connectivity index (χ3v) is 7.24. The van der Waals surface area contributed by atoms with Crippen LogP contribution in [0.15, 0.2) is 36.4 Å². The molecule has 2 aromatic rings. The first kappa shape index (κ1) is 43.3. The van der Waals surface area contributed by atoms with Crippen LogP contribution in [0.4, 0.5) is 32.3 Å². The van der Waals surface area contributed by atoms with Crippen molar-refractivity contribution in [3.8, 4) is 0 Å². The molecular weight excluding hydrogens is 696 g/mol. The van der Waals surface area contributed by atoms with Gasteiger partial charge in [0, 0.05) is 22.7 Å². The van der Waals surface area contributed by atoms with Gasteiger partial charge in [-0.05, 0) is 90.8 Å². The Morgan fingerprint density at radius 2 is 1.04 bits per heavy atom. The first-order valence-electron chi connectivity index (χ1n) is 16.7. The number of ether oxygens (including phenoxy) is 5. The molecule has 0 bridgehead atoms. The molecule has 0 radical (unpaired) electrons. The molecule has 2 unspecified atom stereocenters. The van der Waals surface area contributed by atoms with Gasteiger partial charge in [0.05, 0.1) is 25.9 Å². The fourth-order valence-corrected chi connectivity index (χ4v) is 4.55. The zero-order chi connectivity index (χ0) is 39.8. The van der Waals surface area contributed by atoms with Crippen molar-refractivity contribution in [2.24, 2.45) is 11.8 Å². The van der Waals surface area contributed by atoms with E-state index in [0.717, 1.165) is 13.8 Å². The molecule has 17 nitrogen and oxygen atoms in total. The van der Waals surface area contributed by atoms with Crippen molar-refractivity contribution in [2.45, 2.75) is 67.6 Å².